The van der Waals surface area contributed by atoms with Crippen LogP contribution >= 0.6 is 0 Å². The van der Waals surface area contributed by atoms with E-state index in [2.05, 4.69) is 20.6 Å². The monoisotopic (exact) mass is 315 g/mol. The van der Waals surface area contributed by atoms with Crippen molar-refractivity contribution in [3.63, 3.8) is 0 Å². The summed E-state index contributed by atoms with van der Waals surface area (Å²) in [5.74, 6) is 2.05. The molecule has 2 heterocycles. The molecule has 1 aromatic carbocycles. The average molecular weight is 315 g/mol. The van der Waals surface area contributed by atoms with Crippen LogP contribution in [0.2, 0.25) is 0 Å². The molecule has 0 bridgehead atoms. The van der Waals surface area contributed by atoms with Crippen LogP contribution in [0.3, 0.4) is 0 Å². The van der Waals surface area contributed by atoms with E-state index in [9.17, 15) is 0 Å². The zero-order valence-corrected chi connectivity index (χ0v) is 13.0. The van der Waals surface area contributed by atoms with Crippen molar-refractivity contribution >= 4 is 17.5 Å². The summed E-state index contributed by atoms with van der Waals surface area (Å²) in [6.07, 6.45) is 2.56. The maximum Gasteiger partial charge on any atom is 0.224 e. The zero-order chi connectivity index (χ0) is 16.1. The maximum atomic E-state index is 6.05. The first-order valence-electron chi connectivity index (χ1n) is 7.58. The van der Waals surface area contributed by atoms with E-state index in [0.717, 1.165) is 17.9 Å². The van der Waals surface area contributed by atoms with Crippen LogP contribution in [0.25, 0.3) is 0 Å². The Labute approximate surface area is 135 Å². The number of aromatic nitrogens is 2. The van der Waals surface area contributed by atoms with E-state index >= 15 is 0 Å². The molecule has 1 aromatic heterocycles. The first kappa shape index (κ1) is 15.5. The van der Waals surface area contributed by atoms with Gasteiger partial charge in [0.2, 0.25) is 5.95 Å². The van der Waals surface area contributed by atoms with Gasteiger partial charge < -0.3 is 25.8 Å². The van der Waals surface area contributed by atoms with Crippen molar-refractivity contribution in [1.29, 1.82) is 0 Å². The summed E-state index contributed by atoms with van der Waals surface area (Å²) in [6.45, 7) is 1.26. The minimum absolute atomic E-state index is 0.0534. The van der Waals surface area contributed by atoms with Crippen LogP contribution in [-0.4, -0.2) is 42.4 Å². The summed E-state index contributed by atoms with van der Waals surface area (Å²) in [7, 11) is 1.64. The number of rotatable bonds is 5. The predicted molar refractivity (Wildman–Crippen MR) is 89.1 cm³/mol. The second-order valence-electron chi connectivity index (χ2n) is 5.40. The Kier molecular flexibility index (Phi) is 4.89. The molecule has 122 valence electrons. The van der Waals surface area contributed by atoms with Crippen LogP contribution in [0.1, 0.15) is 6.42 Å². The molecule has 0 spiro atoms. The minimum atomic E-state index is -0.0534. The highest BCUT2D eigenvalue weighted by molar-refractivity contribution is 5.58. The zero-order valence-electron chi connectivity index (χ0n) is 13.0. The fourth-order valence-electron chi connectivity index (χ4n) is 2.45. The van der Waals surface area contributed by atoms with Gasteiger partial charge in [0.05, 0.1) is 13.7 Å². The molecule has 0 aliphatic carbocycles. The van der Waals surface area contributed by atoms with Gasteiger partial charge in [-0.1, -0.05) is 6.07 Å². The van der Waals surface area contributed by atoms with Crippen molar-refractivity contribution < 1.29 is 9.47 Å². The second kappa shape index (κ2) is 7.26. The van der Waals surface area contributed by atoms with E-state index in [-0.39, 0.29) is 12.1 Å². The Morgan fingerprint density at radius 1 is 1.35 bits per heavy atom. The van der Waals surface area contributed by atoms with Gasteiger partial charge in [0, 0.05) is 36.6 Å². The quantitative estimate of drug-likeness (QED) is 0.774. The van der Waals surface area contributed by atoms with Gasteiger partial charge in [0.15, 0.2) is 0 Å². The number of benzene rings is 1. The fraction of sp³-hybridized carbons (Fsp3) is 0.375. The molecule has 0 unspecified atom stereocenters. The number of methoxy groups -OCH3 is 1. The highest BCUT2D eigenvalue weighted by Gasteiger charge is 2.22. The lowest BCUT2D eigenvalue weighted by Crippen LogP contribution is -2.47. The maximum absolute atomic E-state index is 6.05. The molecule has 0 radical (unpaired) electrons. The molecule has 23 heavy (non-hydrogen) atoms. The lowest BCUT2D eigenvalue weighted by molar-refractivity contribution is 0.0751. The lowest BCUT2D eigenvalue weighted by atomic mass is 10.1. The summed E-state index contributed by atoms with van der Waals surface area (Å²) >= 11 is 0. The number of nitrogens with zero attached hydrogens (tertiary/aromatic N) is 2. The van der Waals surface area contributed by atoms with Gasteiger partial charge in [-0.05, 0) is 24.6 Å². The summed E-state index contributed by atoms with van der Waals surface area (Å²) in [5, 5.41) is 6.53. The van der Waals surface area contributed by atoms with Crippen LogP contribution in [-0.2, 0) is 4.74 Å². The molecule has 1 aliphatic rings. The Bertz CT molecular complexity index is 652. The van der Waals surface area contributed by atoms with Crippen LogP contribution in [0.15, 0.2) is 36.5 Å². The van der Waals surface area contributed by atoms with Crippen LogP contribution < -0.4 is 21.1 Å². The smallest absolute Gasteiger partial charge is 0.224 e. The summed E-state index contributed by atoms with van der Waals surface area (Å²) in [5.41, 5.74) is 6.95. The lowest BCUT2D eigenvalue weighted by Gasteiger charge is -2.29. The molecule has 0 amide bonds. The van der Waals surface area contributed by atoms with Crippen molar-refractivity contribution in [2.24, 2.45) is 5.73 Å². The molecule has 2 atom stereocenters. The standard InChI is InChI=1S/C16H21N5O2/c1-22-12-4-2-3-11(9-12)19-15-5-7-18-16(21-15)20-14-6-8-23-10-13(14)17/h2-5,7,9,13-14H,6,8,10,17H2,1H3,(H2,18,19,20,21)/t13-,14+/m0/s1. The number of nitrogens with one attached hydrogen (secondary N) is 2. The highest BCUT2D eigenvalue weighted by atomic mass is 16.5. The number of hydrogen-bond donors (Lipinski definition) is 3. The van der Waals surface area contributed by atoms with Gasteiger partial charge in [0.1, 0.15) is 11.6 Å². The number of nitrogens with two attached hydrogens (primary N) is 1. The minimum Gasteiger partial charge on any atom is -0.497 e. The number of hydrogen-bond acceptors (Lipinski definition) is 7. The van der Waals surface area contributed by atoms with Crippen molar-refractivity contribution in [2.75, 3.05) is 31.0 Å². The molecule has 1 saturated heterocycles. The van der Waals surface area contributed by atoms with Crippen molar-refractivity contribution in [3.8, 4) is 5.75 Å². The van der Waals surface area contributed by atoms with Crippen LogP contribution in [0, 0.1) is 0 Å². The molecule has 1 fully saturated rings. The summed E-state index contributed by atoms with van der Waals surface area (Å²) in [6, 6.07) is 9.55. The molecule has 7 nitrogen and oxygen atoms in total. The van der Waals surface area contributed by atoms with E-state index in [1.807, 2.05) is 30.3 Å². The fourth-order valence-corrected chi connectivity index (χ4v) is 2.45. The number of ether oxygens (including phenoxy) is 2. The van der Waals surface area contributed by atoms with Crippen molar-refractivity contribution in [3.05, 3.63) is 36.5 Å². The van der Waals surface area contributed by atoms with Crippen LogP contribution in [0.5, 0.6) is 5.75 Å². The van der Waals surface area contributed by atoms with Crippen molar-refractivity contribution in [2.45, 2.75) is 18.5 Å². The third-order valence-electron chi connectivity index (χ3n) is 3.71. The van der Waals surface area contributed by atoms with E-state index < -0.39 is 0 Å². The Morgan fingerprint density at radius 3 is 3.09 bits per heavy atom. The molecule has 7 heteroatoms. The van der Waals surface area contributed by atoms with Gasteiger partial charge in [0.25, 0.3) is 0 Å². The van der Waals surface area contributed by atoms with Gasteiger partial charge in [-0.15, -0.1) is 0 Å². The second-order valence-corrected chi connectivity index (χ2v) is 5.40. The Balaban J connectivity index is 1.69. The topological polar surface area (TPSA) is 94.3 Å². The van der Waals surface area contributed by atoms with Gasteiger partial charge in [-0.25, -0.2) is 4.98 Å². The molecule has 3 rings (SSSR count). The van der Waals surface area contributed by atoms with Gasteiger partial charge in [-0.3, -0.25) is 0 Å². The summed E-state index contributed by atoms with van der Waals surface area (Å²) in [4.78, 5) is 8.74. The molecular weight excluding hydrogens is 294 g/mol. The van der Waals surface area contributed by atoms with Crippen LogP contribution in [0.4, 0.5) is 17.5 Å². The first-order chi connectivity index (χ1) is 11.2. The summed E-state index contributed by atoms with van der Waals surface area (Å²) < 4.78 is 10.6. The molecule has 4 N–H and O–H groups in total. The molecule has 0 saturated carbocycles. The molecule has 1 aliphatic heterocycles. The third-order valence-corrected chi connectivity index (χ3v) is 3.71. The molecule has 2 aromatic rings. The van der Waals surface area contributed by atoms with E-state index in [0.29, 0.717) is 25.0 Å². The Hall–Kier alpha value is -2.38. The SMILES string of the molecule is COc1cccc(Nc2ccnc(N[C@@H]3CCOC[C@@H]3N)n2)c1. The normalized spacial score (nSPS) is 20.8. The van der Waals surface area contributed by atoms with E-state index in [4.69, 9.17) is 15.2 Å². The third kappa shape index (κ3) is 4.08. The predicted octanol–water partition coefficient (Wildman–Crippen LogP) is 1.76. The van der Waals surface area contributed by atoms with E-state index in [1.54, 1.807) is 13.3 Å². The van der Waals surface area contributed by atoms with Gasteiger partial charge in [-0.2, -0.15) is 4.98 Å². The number of anilines is 3. The molecular formula is C16H21N5O2. The van der Waals surface area contributed by atoms with E-state index in [1.165, 1.54) is 0 Å². The average Bonchev–Trinajstić information content (AvgIpc) is 2.57. The first-order valence-corrected chi connectivity index (χ1v) is 7.58. The van der Waals surface area contributed by atoms with Crippen molar-refractivity contribution in [1.82, 2.24) is 9.97 Å². The largest absolute Gasteiger partial charge is 0.497 e. The highest BCUT2D eigenvalue weighted by Crippen LogP contribution is 2.21. The van der Waals surface area contributed by atoms with Gasteiger partial charge >= 0.3 is 0 Å². The Morgan fingerprint density at radius 2 is 2.26 bits per heavy atom.